The lowest BCUT2D eigenvalue weighted by Crippen LogP contribution is -2.38. The van der Waals surface area contributed by atoms with Crippen LogP contribution in [0.3, 0.4) is 0 Å². The third-order valence-electron chi connectivity index (χ3n) is 5.26. The van der Waals surface area contributed by atoms with Crippen molar-refractivity contribution >= 4 is 29.0 Å². The fourth-order valence-corrected chi connectivity index (χ4v) is 3.63. The van der Waals surface area contributed by atoms with Crippen LogP contribution in [0.5, 0.6) is 0 Å². The van der Waals surface area contributed by atoms with Gasteiger partial charge in [0.05, 0.1) is 37.8 Å². The molecule has 7 heteroatoms. The Hall–Kier alpha value is -2.90. The van der Waals surface area contributed by atoms with Gasteiger partial charge in [-0.05, 0) is 42.0 Å². The van der Waals surface area contributed by atoms with Crippen molar-refractivity contribution in [2.45, 2.75) is 0 Å². The fourth-order valence-electron chi connectivity index (χ4n) is 3.63. The Balaban J connectivity index is 1.53. The van der Waals surface area contributed by atoms with Crippen molar-refractivity contribution in [3.05, 3.63) is 59.9 Å². The minimum Gasteiger partial charge on any atom is -0.378 e. The quantitative estimate of drug-likeness (QED) is 0.766. The molecule has 0 spiro atoms. The van der Waals surface area contributed by atoms with E-state index in [9.17, 15) is 9.18 Å². The van der Waals surface area contributed by atoms with E-state index in [1.54, 1.807) is 18.2 Å². The summed E-state index contributed by atoms with van der Waals surface area (Å²) in [5.74, 6) is -0.528. The summed E-state index contributed by atoms with van der Waals surface area (Å²) < 4.78 is 24.0. The molecule has 0 bridgehead atoms. The molecule has 2 aromatic rings. The number of amides is 1. The van der Waals surface area contributed by atoms with E-state index < -0.39 is 0 Å². The van der Waals surface area contributed by atoms with Crippen LogP contribution in [0.25, 0.3) is 6.08 Å². The van der Waals surface area contributed by atoms with E-state index >= 15 is 0 Å². The molecule has 0 aromatic heterocycles. The van der Waals surface area contributed by atoms with Gasteiger partial charge in [0.1, 0.15) is 5.82 Å². The fraction of sp³-hybridized carbons (Fsp3) is 0.348. The minimum absolute atomic E-state index is 0.229. The van der Waals surface area contributed by atoms with Gasteiger partial charge in [-0.25, -0.2) is 4.39 Å². The molecule has 2 aromatic carbocycles. The number of carbonyl (C=O) groups excluding carboxylic acids is 1. The van der Waals surface area contributed by atoms with Crippen molar-refractivity contribution in [2.75, 3.05) is 67.7 Å². The SMILES string of the molecule is O=C(C=Cc1ccc(F)cc1)Nc1ccc(N2CCOCC2)cc1N1CCOCC1. The molecule has 2 aliphatic rings. The molecule has 0 saturated carbocycles. The molecule has 0 radical (unpaired) electrons. The van der Waals surface area contributed by atoms with E-state index in [1.165, 1.54) is 18.2 Å². The number of rotatable bonds is 5. The molecule has 30 heavy (non-hydrogen) atoms. The maximum atomic E-state index is 13.0. The van der Waals surface area contributed by atoms with Crippen LogP contribution in [0.4, 0.5) is 21.5 Å². The molecule has 2 aliphatic heterocycles. The summed E-state index contributed by atoms with van der Waals surface area (Å²) in [6.07, 6.45) is 3.14. The predicted octanol–water partition coefficient (Wildman–Crippen LogP) is 3.15. The lowest BCUT2D eigenvalue weighted by molar-refractivity contribution is -0.111. The zero-order valence-corrected chi connectivity index (χ0v) is 16.9. The van der Waals surface area contributed by atoms with Gasteiger partial charge in [0.25, 0.3) is 0 Å². The number of hydrogen-bond donors (Lipinski definition) is 1. The number of benzene rings is 2. The monoisotopic (exact) mass is 411 g/mol. The second-order valence-electron chi connectivity index (χ2n) is 7.27. The third-order valence-corrected chi connectivity index (χ3v) is 5.26. The van der Waals surface area contributed by atoms with Crippen LogP contribution in [0.2, 0.25) is 0 Å². The molecule has 2 heterocycles. The zero-order valence-electron chi connectivity index (χ0n) is 16.9. The number of morpholine rings is 2. The molecule has 0 aliphatic carbocycles. The van der Waals surface area contributed by atoms with Gasteiger partial charge in [-0.15, -0.1) is 0 Å². The van der Waals surface area contributed by atoms with E-state index in [-0.39, 0.29) is 11.7 Å². The maximum absolute atomic E-state index is 13.0. The first-order valence-electron chi connectivity index (χ1n) is 10.2. The Morgan fingerprint density at radius 3 is 2.20 bits per heavy atom. The second kappa shape index (κ2) is 9.73. The van der Waals surface area contributed by atoms with Gasteiger partial charge < -0.3 is 24.6 Å². The number of anilines is 3. The Morgan fingerprint density at radius 1 is 0.900 bits per heavy atom. The van der Waals surface area contributed by atoms with Crippen LogP contribution in [-0.4, -0.2) is 58.5 Å². The average Bonchev–Trinajstić information content (AvgIpc) is 2.80. The van der Waals surface area contributed by atoms with Gasteiger partial charge in [0, 0.05) is 37.9 Å². The van der Waals surface area contributed by atoms with Crippen LogP contribution in [0.15, 0.2) is 48.5 Å². The molecule has 1 amide bonds. The highest BCUT2D eigenvalue weighted by Crippen LogP contribution is 2.32. The highest BCUT2D eigenvalue weighted by atomic mass is 19.1. The molecule has 2 fully saturated rings. The number of carbonyl (C=O) groups is 1. The van der Waals surface area contributed by atoms with Gasteiger partial charge in [0.15, 0.2) is 0 Å². The van der Waals surface area contributed by atoms with Gasteiger partial charge in [-0.3, -0.25) is 4.79 Å². The third kappa shape index (κ3) is 5.17. The summed E-state index contributed by atoms with van der Waals surface area (Å²) in [5.41, 5.74) is 3.65. The van der Waals surface area contributed by atoms with Crippen molar-refractivity contribution < 1.29 is 18.7 Å². The number of nitrogens with one attached hydrogen (secondary N) is 1. The van der Waals surface area contributed by atoms with E-state index in [0.29, 0.717) is 13.2 Å². The van der Waals surface area contributed by atoms with Crippen LogP contribution in [0.1, 0.15) is 5.56 Å². The number of halogens is 1. The minimum atomic E-state index is -0.299. The molecule has 0 atom stereocenters. The van der Waals surface area contributed by atoms with Crippen molar-refractivity contribution in [1.82, 2.24) is 0 Å². The van der Waals surface area contributed by atoms with Gasteiger partial charge in [0.2, 0.25) is 5.91 Å². The van der Waals surface area contributed by atoms with E-state index in [1.807, 2.05) is 12.1 Å². The first-order valence-corrected chi connectivity index (χ1v) is 10.2. The zero-order chi connectivity index (χ0) is 20.8. The molecule has 158 valence electrons. The second-order valence-corrected chi connectivity index (χ2v) is 7.27. The summed E-state index contributed by atoms with van der Waals surface area (Å²) in [5, 5.41) is 2.99. The first kappa shape index (κ1) is 20.4. The predicted molar refractivity (Wildman–Crippen MR) is 117 cm³/mol. The maximum Gasteiger partial charge on any atom is 0.248 e. The van der Waals surface area contributed by atoms with Gasteiger partial charge >= 0.3 is 0 Å². The van der Waals surface area contributed by atoms with Crippen molar-refractivity contribution in [3.8, 4) is 0 Å². The van der Waals surface area contributed by atoms with Crippen LogP contribution in [0, 0.1) is 5.82 Å². The Labute approximate surface area is 175 Å². The lowest BCUT2D eigenvalue weighted by atomic mass is 10.1. The number of nitrogens with zero attached hydrogens (tertiary/aromatic N) is 2. The van der Waals surface area contributed by atoms with E-state index in [0.717, 1.165) is 62.0 Å². The topological polar surface area (TPSA) is 54.0 Å². The number of hydrogen-bond acceptors (Lipinski definition) is 5. The standard InChI is InChI=1S/C23H26FN3O3/c24-19-4-1-18(2-5-19)3-8-23(28)25-21-7-6-20(26-9-13-29-14-10-26)17-22(21)27-11-15-30-16-12-27/h1-8,17H,9-16H2,(H,25,28). The highest BCUT2D eigenvalue weighted by molar-refractivity contribution is 6.04. The average molecular weight is 411 g/mol. The summed E-state index contributed by atoms with van der Waals surface area (Å²) in [6, 6.07) is 12.1. The van der Waals surface area contributed by atoms with Crippen LogP contribution < -0.4 is 15.1 Å². The smallest absolute Gasteiger partial charge is 0.248 e. The molecule has 4 rings (SSSR count). The molecular weight excluding hydrogens is 385 g/mol. The lowest BCUT2D eigenvalue weighted by Gasteiger charge is -2.33. The van der Waals surface area contributed by atoms with Crippen molar-refractivity contribution in [3.63, 3.8) is 0 Å². The van der Waals surface area contributed by atoms with Gasteiger partial charge in [-0.2, -0.15) is 0 Å². The van der Waals surface area contributed by atoms with Crippen LogP contribution in [-0.2, 0) is 14.3 Å². The largest absolute Gasteiger partial charge is 0.378 e. The Bertz CT molecular complexity index is 889. The summed E-state index contributed by atoms with van der Waals surface area (Å²) in [7, 11) is 0. The first-order chi connectivity index (χ1) is 14.7. The molecule has 1 N–H and O–H groups in total. The number of ether oxygens (including phenoxy) is 2. The normalized spacial score (nSPS) is 17.4. The molecular formula is C23H26FN3O3. The molecule has 2 saturated heterocycles. The Morgan fingerprint density at radius 2 is 1.53 bits per heavy atom. The van der Waals surface area contributed by atoms with Crippen molar-refractivity contribution in [2.24, 2.45) is 0 Å². The highest BCUT2D eigenvalue weighted by Gasteiger charge is 2.19. The van der Waals surface area contributed by atoms with Crippen LogP contribution >= 0.6 is 0 Å². The Kier molecular flexibility index (Phi) is 6.61. The summed E-state index contributed by atoms with van der Waals surface area (Å²) in [4.78, 5) is 17.1. The molecule has 0 unspecified atom stereocenters. The van der Waals surface area contributed by atoms with Crippen molar-refractivity contribution in [1.29, 1.82) is 0 Å². The van der Waals surface area contributed by atoms with E-state index in [2.05, 4.69) is 21.2 Å². The summed E-state index contributed by atoms with van der Waals surface area (Å²) in [6.45, 7) is 6.05. The molecule has 6 nitrogen and oxygen atoms in total. The summed E-state index contributed by atoms with van der Waals surface area (Å²) >= 11 is 0. The van der Waals surface area contributed by atoms with E-state index in [4.69, 9.17) is 9.47 Å². The van der Waals surface area contributed by atoms with Gasteiger partial charge in [-0.1, -0.05) is 12.1 Å².